The van der Waals surface area contributed by atoms with Crippen molar-refractivity contribution >= 4 is 6.29 Å². The second-order valence-electron chi connectivity index (χ2n) is 4.33. The fraction of sp³-hybridized carbons (Fsp3) is 0.769. The average Bonchev–Trinajstić information content (AvgIpc) is 2.95. The van der Waals surface area contributed by atoms with E-state index in [4.69, 9.17) is 0 Å². The Labute approximate surface area is 87.6 Å². The normalized spacial score (nSPS) is 25.5. The Morgan fingerprint density at radius 1 is 1.14 bits per heavy atom. The van der Waals surface area contributed by atoms with Crippen LogP contribution in [0.5, 0.6) is 0 Å². The minimum Gasteiger partial charge on any atom is -0.303 e. The number of hydrogen-bond acceptors (Lipinski definition) is 1. The van der Waals surface area contributed by atoms with Crippen molar-refractivity contribution in [3.63, 3.8) is 0 Å². The summed E-state index contributed by atoms with van der Waals surface area (Å²) in [6.07, 6.45) is 14.6. The van der Waals surface area contributed by atoms with E-state index < -0.39 is 0 Å². The molecule has 1 fully saturated rings. The van der Waals surface area contributed by atoms with Crippen molar-refractivity contribution in [3.05, 3.63) is 12.2 Å². The predicted octanol–water partition coefficient (Wildman–Crippen LogP) is 3.74. The van der Waals surface area contributed by atoms with Crippen LogP contribution in [0, 0.1) is 11.8 Å². The first-order valence-electron chi connectivity index (χ1n) is 6.00. The standard InChI is InChI=1S/C13H22O/c1-2-3-4-5-6-7-8-9-12-10-13(12)11-14/h8-9,11-13H,2-7,10H2,1H3. The van der Waals surface area contributed by atoms with Gasteiger partial charge in [-0.25, -0.2) is 0 Å². The first-order valence-corrected chi connectivity index (χ1v) is 6.00. The SMILES string of the molecule is CCCCCCCC=CC1CC1C=O. The molecule has 1 rings (SSSR count). The lowest BCUT2D eigenvalue weighted by atomic mass is 10.1. The first kappa shape index (κ1) is 11.5. The van der Waals surface area contributed by atoms with Gasteiger partial charge in [-0.3, -0.25) is 0 Å². The average molecular weight is 194 g/mol. The summed E-state index contributed by atoms with van der Waals surface area (Å²) in [6, 6.07) is 0. The van der Waals surface area contributed by atoms with E-state index in [2.05, 4.69) is 19.1 Å². The van der Waals surface area contributed by atoms with Gasteiger partial charge in [0.2, 0.25) is 0 Å². The van der Waals surface area contributed by atoms with E-state index in [1.165, 1.54) is 38.5 Å². The molecule has 0 aromatic heterocycles. The van der Waals surface area contributed by atoms with E-state index >= 15 is 0 Å². The van der Waals surface area contributed by atoms with Gasteiger partial charge < -0.3 is 4.79 Å². The van der Waals surface area contributed by atoms with Gasteiger partial charge in [-0.05, 0) is 25.2 Å². The number of hydrogen-bond donors (Lipinski definition) is 0. The molecule has 14 heavy (non-hydrogen) atoms. The van der Waals surface area contributed by atoms with Crippen molar-refractivity contribution in [2.24, 2.45) is 11.8 Å². The van der Waals surface area contributed by atoms with Crippen molar-refractivity contribution in [1.82, 2.24) is 0 Å². The highest BCUT2D eigenvalue weighted by molar-refractivity contribution is 5.59. The molecule has 0 N–H and O–H groups in total. The third-order valence-electron chi connectivity index (χ3n) is 2.92. The molecule has 1 heteroatoms. The number of allylic oxidation sites excluding steroid dienone is 2. The van der Waals surface area contributed by atoms with Crippen LogP contribution in [0.4, 0.5) is 0 Å². The lowest BCUT2D eigenvalue weighted by molar-refractivity contribution is -0.109. The van der Waals surface area contributed by atoms with E-state index in [9.17, 15) is 4.79 Å². The summed E-state index contributed by atoms with van der Waals surface area (Å²) < 4.78 is 0. The van der Waals surface area contributed by atoms with Gasteiger partial charge in [0.1, 0.15) is 6.29 Å². The summed E-state index contributed by atoms with van der Waals surface area (Å²) >= 11 is 0. The number of carbonyl (C=O) groups is 1. The smallest absolute Gasteiger partial charge is 0.123 e. The molecular formula is C13H22O. The van der Waals surface area contributed by atoms with Crippen molar-refractivity contribution in [3.8, 4) is 0 Å². The fourth-order valence-electron chi connectivity index (χ4n) is 1.75. The van der Waals surface area contributed by atoms with Crippen LogP contribution >= 0.6 is 0 Å². The maximum atomic E-state index is 10.4. The van der Waals surface area contributed by atoms with E-state index in [1.54, 1.807) is 0 Å². The van der Waals surface area contributed by atoms with Crippen LogP contribution in [0.1, 0.15) is 51.9 Å². The molecular weight excluding hydrogens is 172 g/mol. The molecule has 0 heterocycles. The van der Waals surface area contributed by atoms with E-state index in [-0.39, 0.29) is 0 Å². The fourth-order valence-corrected chi connectivity index (χ4v) is 1.75. The number of rotatable bonds is 8. The molecule has 0 saturated heterocycles. The lowest BCUT2D eigenvalue weighted by Gasteiger charge is -1.95. The Morgan fingerprint density at radius 2 is 1.93 bits per heavy atom. The second kappa shape index (κ2) is 6.80. The van der Waals surface area contributed by atoms with Gasteiger partial charge >= 0.3 is 0 Å². The Morgan fingerprint density at radius 3 is 2.57 bits per heavy atom. The van der Waals surface area contributed by atoms with E-state index in [1.807, 2.05) is 0 Å². The molecule has 1 nitrogen and oxygen atoms in total. The molecule has 1 aliphatic carbocycles. The molecule has 0 aromatic rings. The van der Waals surface area contributed by atoms with Crippen LogP contribution in [0.3, 0.4) is 0 Å². The molecule has 2 unspecified atom stereocenters. The zero-order valence-electron chi connectivity index (χ0n) is 9.24. The Hall–Kier alpha value is -0.590. The van der Waals surface area contributed by atoms with E-state index in [0.29, 0.717) is 11.8 Å². The van der Waals surface area contributed by atoms with Crippen LogP contribution < -0.4 is 0 Å². The minimum atomic E-state index is 0.353. The molecule has 1 saturated carbocycles. The maximum absolute atomic E-state index is 10.4. The zero-order chi connectivity index (χ0) is 10.2. The minimum absolute atomic E-state index is 0.353. The lowest BCUT2D eigenvalue weighted by Crippen LogP contribution is -1.79. The molecule has 0 aromatic carbocycles. The highest BCUT2D eigenvalue weighted by Crippen LogP contribution is 2.37. The largest absolute Gasteiger partial charge is 0.303 e. The summed E-state index contributed by atoms with van der Waals surface area (Å²) in [7, 11) is 0. The van der Waals surface area contributed by atoms with Gasteiger partial charge in [-0.15, -0.1) is 0 Å². The highest BCUT2D eigenvalue weighted by atomic mass is 16.1. The molecule has 0 radical (unpaired) electrons. The third kappa shape index (κ3) is 4.59. The Kier molecular flexibility index (Phi) is 5.58. The van der Waals surface area contributed by atoms with Crippen LogP contribution in [0.25, 0.3) is 0 Å². The zero-order valence-corrected chi connectivity index (χ0v) is 9.24. The molecule has 0 bridgehead atoms. The molecule has 0 spiro atoms. The quantitative estimate of drug-likeness (QED) is 0.327. The molecule has 0 amide bonds. The van der Waals surface area contributed by atoms with Gasteiger partial charge in [0.05, 0.1) is 0 Å². The van der Waals surface area contributed by atoms with Gasteiger partial charge in [-0.1, -0.05) is 44.8 Å². The van der Waals surface area contributed by atoms with Crippen molar-refractivity contribution < 1.29 is 4.79 Å². The van der Waals surface area contributed by atoms with Crippen molar-refractivity contribution in [1.29, 1.82) is 0 Å². The summed E-state index contributed by atoms with van der Waals surface area (Å²) in [6.45, 7) is 2.24. The predicted molar refractivity (Wildman–Crippen MR) is 60.2 cm³/mol. The molecule has 1 aliphatic rings. The number of carbonyl (C=O) groups excluding carboxylic acids is 1. The van der Waals surface area contributed by atoms with Gasteiger partial charge in [0.25, 0.3) is 0 Å². The molecule has 2 atom stereocenters. The first-order chi connectivity index (χ1) is 6.88. The molecule has 0 aliphatic heterocycles. The summed E-state index contributed by atoms with van der Waals surface area (Å²) in [4.78, 5) is 10.4. The number of aldehydes is 1. The topological polar surface area (TPSA) is 17.1 Å². The maximum Gasteiger partial charge on any atom is 0.123 e. The van der Waals surface area contributed by atoms with Crippen LogP contribution in [0.2, 0.25) is 0 Å². The van der Waals surface area contributed by atoms with Crippen molar-refractivity contribution in [2.45, 2.75) is 51.9 Å². The van der Waals surface area contributed by atoms with Crippen LogP contribution in [-0.4, -0.2) is 6.29 Å². The van der Waals surface area contributed by atoms with Crippen molar-refractivity contribution in [2.75, 3.05) is 0 Å². The number of unbranched alkanes of at least 4 members (excludes halogenated alkanes) is 5. The van der Waals surface area contributed by atoms with Gasteiger partial charge in [-0.2, -0.15) is 0 Å². The third-order valence-corrected chi connectivity index (χ3v) is 2.92. The van der Waals surface area contributed by atoms with E-state index in [0.717, 1.165) is 12.7 Å². The molecule has 80 valence electrons. The highest BCUT2D eigenvalue weighted by Gasteiger charge is 2.33. The van der Waals surface area contributed by atoms with Crippen LogP contribution in [0.15, 0.2) is 12.2 Å². The summed E-state index contributed by atoms with van der Waals surface area (Å²) in [5.41, 5.74) is 0. The monoisotopic (exact) mass is 194 g/mol. The Balaban J connectivity index is 1.86. The van der Waals surface area contributed by atoms with Crippen LogP contribution in [-0.2, 0) is 4.79 Å². The van der Waals surface area contributed by atoms with Gasteiger partial charge in [0.15, 0.2) is 0 Å². The van der Waals surface area contributed by atoms with Gasteiger partial charge in [0, 0.05) is 5.92 Å². The second-order valence-corrected chi connectivity index (χ2v) is 4.33. The summed E-state index contributed by atoms with van der Waals surface area (Å²) in [5, 5.41) is 0. The summed E-state index contributed by atoms with van der Waals surface area (Å²) in [5.74, 6) is 0.939. The Bertz CT molecular complexity index is 184.